The molecule has 0 saturated carbocycles. The average molecular weight is 273 g/mol. The van der Waals surface area contributed by atoms with Gasteiger partial charge >= 0.3 is 0 Å². The Labute approximate surface area is 101 Å². The number of amides is 1. The molecule has 1 rings (SSSR count). The fourth-order valence-corrected chi connectivity index (χ4v) is 2.79. The third kappa shape index (κ3) is 4.65. The van der Waals surface area contributed by atoms with Crippen LogP contribution < -0.4 is 5.73 Å². The van der Waals surface area contributed by atoms with Gasteiger partial charge in [0.15, 0.2) is 0 Å². The molecule has 0 unspecified atom stereocenters. The van der Waals surface area contributed by atoms with Gasteiger partial charge in [-0.3, -0.25) is 9.35 Å². The number of piperidine rings is 1. The van der Waals surface area contributed by atoms with Gasteiger partial charge in [0, 0.05) is 25.6 Å². The Morgan fingerprint density at radius 3 is 2.19 bits per heavy atom. The number of hydrogen-bond donors (Lipinski definition) is 2. The highest BCUT2D eigenvalue weighted by atomic mass is 35.5. The van der Waals surface area contributed by atoms with Crippen LogP contribution in [0.2, 0.25) is 0 Å². The largest absolute Gasteiger partial charge is 0.343 e. The van der Waals surface area contributed by atoms with Gasteiger partial charge in [0.2, 0.25) is 5.91 Å². The summed E-state index contributed by atoms with van der Waals surface area (Å²) in [5.41, 5.74) is 4.93. The van der Waals surface area contributed by atoms with E-state index in [-0.39, 0.29) is 18.3 Å². The van der Waals surface area contributed by atoms with Crippen LogP contribution >= 0.6 is 12.4 Å². The average Bonchev–Trinajstić information content (AvgIpc) is 2.00. The molecule has 1 aliphatic heterocycles. The molecular formula is C8H17ClN2O4S. The number of carbonyl (C=O) groups is 1. The zero-order chi connectivity index (χ0) is 11.7. The smallest absolute Gasteiger partial charge is 0.266 e. The minimum Gasteiger partial charge on any atom is -0.343 e. The van der Waals surface area contributed by atoms with Crippen molar-refractivity contribution in [2.24, 2.45) is 5.73 Å². The molecule has 0 aromatic carbocycles. The van der Waals surface area contributed by atoms with Gasteiger partial charge in [0.25, 0.3) is 10.1 Å². The summed E-state index contributed by atoms with van der Waals surface area (Å²) < 4.78 is 30.2. The third-order valence-electron chi connectivity index (χ3n) is 2.67. The Hall–Kier alpha value is -0.370. The minimum atomic E-state index is -4.05. The molecule has 0 spiro atoms. The first-order chi connectivity index (χ1) is 6.72. The molecule has 0 bridgehead atoms. The highest BCUT2D eigenvalue weighted by Gasteiger charge is 2.35. The molecule has 6 nitrogen and oxygen atoms in total. The van der Waals surface area contributed by atoms with Gasteiger partial charge in [0.1, 0.15) is 0 Å². The molecule has 8 heteroatoms. The molecule has 0 radical (unpaired) electrons. The van der Waals surface area contributed by atoms with Crippen molar-refractivity contribution in [1.82, 2.24) is 4.90 Å². The fourth-order valence-electron chi connectivity index (χ4n) is 1.77. The van der Waals surface area contributed by atoms with E-state index in [9.17, 15) is 13.2 Å². The summed E-state index contributed by atoms with van der Waals surface area (Å²) in [6.45, 7) is 2.36. The zero-order valence-electron chi connectivity index (χ0n) is 9.05. The molecule has 1 heterocycles. The minimum absolute atomic E-state index is 0. The number of nitrogens with zero attached hydrogens (tertiary/aromatic N) is 1. The van der Waals surface area contributed by atoms with E-state index < -0.39 is 21.4 Å². The summed E-state index contributed by atoms with van der Waals surface area (Å²) in [5.74, 6) is -0.477. The first-order valence-electron chi connectivity index (χ1n) is 4.71. The molecule has 0 aromatic rings. The quantitative estimate of drug-likeness (QED) is 0.669. The van der Waals surface area contributed by atoms with Crippen LogP contribution in [0.4, 0.5) is 0 Å². The van der Waals surface area contributed by atoms with Crippen molar-refractivity contribution in [3.05, 3.63) is 0 Å². The molecule has 16 heavy (non-hydrogen) atoms. The van der Waals surface area contributed by atoms with Crippen molar-refractivity contribution in [2.45, 2.75) is 25.3 Å². The molecule has 3 N–H and O–H groups in total. The Bertz CT molecular complexity index is 349. The Morgan fingerprint density at radius 2 is 1.88 bits per heavy atom. The van der Waals surface area contributed by atoms with E-state index >= 15 is 0 Å². The summed E-state index contributed by atoms with van der Waals surface area (Å²) in [6.07, 6.45) is 0.790. The Morgan fingerprint density at radius 1 is 1.44 bits per heavy atom. The van der Waals surface area contributed by atoms with E-state index in [1.165, 1.54) is 6.92 Å². The topological polar surface area (TPSA) is 101 Å². The van der Waals surface area contributed by atoms with Crippen molar-refractivity contribution >= 4 is 28.4 Å². The predicted molar refractivity (Wildman–Crippen MR) is 62.1 cm³/mol. The van der Waals surface area contributed by atoms with E-state index in [4.69, 9.17) is 10.3 Å². The lowest BCUT2D eigenvalue weighted by Gasteiger charge is -2.37. The number of likely N-dealkylation sites (tertiary alicyclic amines) is 1. The van der Waals surface area contributed by atoms with Crippen molar-refractivity contribution in [1.29, 1.82) is 0 Å². The molecule has 0 aromatic heterocycles. The van der Waals surface area contributed by atoms with Gasteiger partial charge in [-0.15, -0.1) is 12.4 Å². The zero-order valence-corrected chi connectivity index (χ0v) is 10.7. The molecule has 1 fully saturated rings. The van der Waals surface area contributed by atoms with Crippen LogP contribution in [0.5, 0.6) is 0 Å². The monoisotopic (exact) mass is 272 g/mol. The van der Waals surface area contributed by atoms with Crippen molar-refractivity contribution < 1.29 is 17.8 Å². The Kier molecular flexibility index (Phi) is 5.18. The molecule has 0 atom stereocenters. The number of halogens is 1. The van der Waals surface area contributed by atoms with Crippen molar-refractivity contribution in [2.75, 3.05) is 18.8 Å². The summed E-state index contributed by atoms with van der Waals surface area (Å²) >= 11 is 0. The Balaban J connectivity index is 0.00000225. The lowest BCUT2D eigenvalue weighted by molar-refractivity contribution is -0.130. The van der Waals surface area contributed by atoms with Crippen molar-refractivity contribution in [3.63, 3.8) is 0 Å². The van der Waals surface area contributed by atoms with Crippen molar-refractivity contribution in [3.8, 4) is 0 Å². The number of nitrogens with two attached hydrogens (primary N) is 1. The molecule has 96 valence electrons. The lowest BCUT2D eigenvalue weighted by atomic mass is 9.91. The normalized spacial score (nSPS) is 20.1. The summed E-state index contributed by atoms with van der Waals surface area (Å²) in [5, 5.41) is 0. The van der Waals surface area contributed by atoms with Crippen LogP contribution in [0, 0.1) is 0 Å². The SMILES string of the molecule is CC(=O)N1CCC(N)(CS(=O)(=O)O)CC1.Cl. The third-order valence-corrected chi connectivity index (χ3v) is 3.61. The van der Waals surface area contributed by atoms with E-state index in [0.717, 1.165) is 0 Å². The molecule has 1 aliphatic rings. The predicted octanol–water partition coefficient (Wildman–Crippen LogP) is -0.364. The van der Waals surface area contributed by atoms with Crippen LogP contribution in [-0.2, 0) is 14.9 Å². The van der Waals surface area contributed by atoms with Gasteiger partial charge < -0.3 is 10.6 Å². The lowest BCUT2D eigenvalue weighted by Crippen LogP contribution is -2.55. The maximum absolute atomic E-state index is 11.0. The second-order valence-corrected chi connectivity index (χ2v) is 5.55. The van der Waals surface area contributed by atoms with Gasteiger partial charge in [-0.1, -0.05) is 0 Å². The van der Waals surface area contributed by atoms with Crippen LogP contribution in [0.25, 0.3) is 0 Å². The first kappa shape index (κ1) is 15.6. The highest BCUT2D eigenvalue weighted by Crippen LogP contribution is 2.21. The second kappa shape index (κ2) is 5.31. The van der Waals surface area contributed by atoms with E-state index in [1.54, 1.807) is 4.90 Å². The number of carbonyl (C=O) groups excluding carboxylic acids is 1. The standard InChI is InChI=1S/C8H16N2O4S.ClH/c1-7(11)10-4-2-8(9,3-5-10)6-15(12,13)14;/h2-6,9H2,1H3,(H,12,13,14);1H. The van der Waals surface area contributed by atoms with E-state index in [1.807, 2.05) is 0 Å². The van der Waals surface area contributed by atoms with Gasteiger partial charge in [-0.05, 0) is 12.8 Å². The second-order valence-electron chi connectivity index (χ2n) is 4.09. The molecule has 0 aliphatic carbocycles. The first-order valence-corrected chi connectivity index (χ1v) is 6.32. The maximum Gasteiger partial charge on any atom is 0.266 e. The fraction of sp³-hybridized carbons (Fsp3) is 0.875. The molecule has 1 saturated heterocycles. The summed E-state index contributed by atoms with van der Waals surface area (Å²) in [6, 6.07) is 0. The maximum atomic E-state index is 11.0. The van der Waals surface area contributed by atoms with E-state index in [0.29, 0.717) is 25.9 Å². The van der Waals surface area contributed by atoms with Crippen LogP contribution in [0.3, 0.4) is 0 Å². The van der Waals surface area contributed by atoms with Crippen LogP contribution in [-0.4, -0.2) is 48.2 Å². The highest BCUT2D eigenvalue weighted by molar-refractivity contribution is 7.85. The van der Waals surface area contributed by atoms with Crippen LogP contribution in [0.15, 0.2) is 0 Å². The number of hydrogen-bond acceptors (Lipinski definition) is 4. The van der Waals surface area contributed by atoms with E-state index in [2.05, 4.69) is 0 Å². The van der Waals surface area contributed by atoms with Gasteiger partial charge in [-0.2, -0.15) is 8.42 Å². The van der Waals surface area contributed by atoms with Gasteiger partial charge in [0.05, 0.1) is 5.75 Å². The molecular weight excluding hydrogens is 256 g/mol. The molecule has 1 amide bonds. The van der Waals surface area contributed by atoms with Crippen LogP contribution in [0.1, 0.15) is 19.8 Å². The summed E-state index contributed by atoms with van der Waals surface area (Å²) in [7, 11) is -4.05. The van der Waals surface area contributed by atoms with Gasteiger partial charge in [-0.25, -0.2) is 0 Å². The number of rotatable bonds is 2. The summed E-state index contributed by atoms with van der Waals surface area (Å²) in [4.78, 5) is 12.6.